The van der Waals surface area contributed by atoms with Gasteiger partial charge in [0.2, 0.25) is 5.91 Å². The molecule has 0 saturated heterocycles. The molecule has 0 aliphatic rings. The van der Waals surface area contributed by atoms with Gasteiger partial charge in [-0.25, -0.2) is 4.79 Å². The van der Waals surface area contributed by atoms with Crippen molar-refractivity contribution in [2.24, 2.45) is 0 Å². The summed E-state index contributed by atoms with van der Waals surface area (Å²) in [5, 5.41) is 2.57. The van der Waals surface area contributed by atoms with E-state index in [-0.39, 0.29) is 12.5 Å². The van der Waals surface area contributed by atoms with Crippen molar-refractivity contribution in [3.05, 3.63) is 41.5 Å². The van der Waals surface area contributed by atoms with Gasteiger partial charge in [-0.05, 0) is 11.6 Å². The number of nitrogens with one attached hydrogen (secondary N) is 1. The molecule has 0 aliphatic carbocycles. The summed E-state index contributed by atoms with van der Waals surface area (Å²) in [5.74, 6) is -0.629. The molecule has 1 aromatic rings. The quantitative estimate of drug-likeness (QED) is 0.631. The van der Waals surface area contributed by atoms with Crippen molar-refractivity contribution in [2.45, 2.75) is 6.92 Å². The molecule has 1 aromatic carbocycles. The predicted octanol–water partition coefficient (Wildman–Crippen LogP) is 1.38. The first-order valence-electron chi connectivity index (χ1n) is 5.22. The molecule has 4 nitrogen and oxygen atoms in total. The average molecular weight is 233 g/mol. The van der Waals surface area contributed by atoms with Crippen LogP contribution in [0.4, 0.5) is 0 Å². The predicted molar refractivity (Wildman–Crippen MR) is 65.1 cm³/mol. The lowest BCUT2D eigenvalue weighted by Gasteiger charge is -2.06. The summed E-state index contributed by atoms with van der Waals surface area (Å²) in [6.07, 6.45) is 1.70. The summed E-state index contributed by atoms with van der Waals surface area (Å²) in [5.41, 5.74) is 1.30. The third kappa shape index (κ3) is 4.51. The molecular formula is C13H15NO3. The minimum atomic E-state index is -0.442. The lowest BCUT2D eigenvalue weighted by molar-refractivity contribution is -0.136. The van der Waals surface area contributed by atoms with Crippen LogP contribution in [0.3, 0.4) is 0 Å². The van der Waals surface area contributed by atoms with Crippen LogP contribution < -0.4 is 5.32 Å². The summed E-state index contributed by atoms with van der Waals surface area (Å²) in [6.45, 7) is 1.56. The van der Waals surface area contributed by atoms with Gasteiger partial charge in [-0.3, -0.25) is 4.79 Å². The molecule has 1 rings (SSSR count). The van der Waals surface area contributed by atoms with Crippen molar-refractivity contribution in [3.8, 4) is 0 Å². The first kappa shape index (κ1) is 13.0. The maximum absolute atomic E-state index is 11.5. The topological polar surface area (TPSA) is 55.4 Å². The van der Waals surface area contributed by atoms with Gasteiger partial charge in [0.05, 0.1) is 12.7 Å². The molecule has 17 heavy (non-hydrogen) atoms. The number of hydrogen-bond acceptors (Lipinski definition) is 3. The molecule has 0 bridgehead atoms. The van der Waals surface area contributed by atoms with Crippen LogP contribution in [0.25, 0.3) is 6.08 Å². The van der Waals surface area contributed by atoms with Crippen molar-refractivity contribution in [3.63, 3.8) is 0 Å². The minimum Gasteiger partial charge on any atom is -0.466 e. The Morgan fingerprint density at radius 3 is 2.47 bits per heavy atom. The second-order valence-electron chi connectivity index (χ2n) is 3.48. The zero-order chi connectivity index (χ0) is 12.7. The SMILES string of the molecule is COC(=O)/C(=C/c1ccccc1)CNC(C)=O. The summed E-state index contributed by atoms with van der Waals surface area (Å²) in [6, 6.07) is 9.38. The highest BCUT2D eigenvalue weighted by atomic mass is 16.5. The smallest absolute Gasteiger partial charge is 0.335 e. The summed E-state index contributed by atoms with van der Waals surface area (Å²) in [4.78, 5) is 22.3. The molecule has 4 heteroatoms. The Morgan fingerprint density at radius 1 is 1.29 bits per heavy atom. The van der Waals surface area contributed by atoms with Crippen molar-refractivity contribution >= 4 is 18.0 Å². The highest BCUT2D eigenvalue weighted by molar-refractivity contribution is 5.94. The Labute approximate surface area is 100 Å². The number of rotatable bonds is 4. The molecule has 0 saturated carbocycles. The number of benzene rings is 1. The van der Waals surface area contributed by atoms with E-state index in [0.717, 1.165) is 5.56 Å². The Morgan fingerprint density at radius 2 is 1.94 bits per heavy atom. The maximum atomic E-state index is 11.5. The first-order chi connectivity index (χ1) is 8.13. The summed E-state index contributed by atoms with van der Waals surface area (Å²) >= 11 is 0. The van der Waals surface area contributed by atoms with E-state index in [0.29, 0.717) is 5.57 Å². The van der Waals surface area contributed by atoms with Crippen molar-refractivity contribution < 1.29 is 14.3 Å². The fraction of sp³-hybridized carbons (Fsp3) is 0.231. The molecule has 0 aromatic heterocycles. The molecule has 0 atom stereocenters. The maximum Gasteiger partial charge on any atom is 0.335 e. The van der Waals surface area contributed by atoms with Crippen molar-refractivity contribution in [1.29, 1.82) is 0 Å². The molecule has 1 amide bonds. The van der Waals surface area contributed by atoms with Crippen LogP contribution >= 0.6 is 0 Å². The largest absolute Gasteiger partial charge is 0.466 e. The van der Waals surface area contributed by atoms with E-state index in [1.54, 1.807) is 6.08 Å². The molecule has 90 valence electrons. The number of amides is 1. The van der Waals surface area contributed by atoms with Crippen molar-refractivity contribution in [2.75, 3.05) is 13.7 Å². The van der Waals surface area contributed by atoms with Crippen LogP contribution in [-0.4, -0.2) is 25.5 Å². The lowest BCUT2D eigenvalue weighted by atomic mass is 10.1. The van der Waals surface area contributed by atoms with Crippen LogP contribution in [0.5, 0.6) is 0 Å². The molecule has 0 heterocycles. The fourth-order valence-corrected chi connectivity index (χ4v) is 1.28. The Balaban J connectivity index is 2.86. The lowest BCUT2D eigenvalue weighted by Crippen LogP contribution is -2.25. The Hall–Kier alpha value is -2.10. The fourth-order valence-electron chi connectivity index (χ4n) is 1.28. The van der Waals surface area contributed by atoms with Gasteiger partial charge in [-0.15, -0.1) is 0 Å². The Bertz CT molecular complexity index is 424. The van der Waals surface area contributed by atoms with Crippen LogP contribution in [-0.2, 0) is 14.3 Å². The zero-order valence-corrected chi connectivity index (χ0v) is 9.90. The molecule has 0 aliphatic heterocycles. The van der Waals surface area contributed by atoms with E-state index >= 15 is 0 Å². The molecule has 0 fully saturated rings. The average Bonchev–Trinajstić information content (AvgIpc) is 2.34. The minimum absolute atomic E-state index is 0.164. The molecule has 0 spiro atoms. The van der Waals surface area contributed by atoms with Crippen LogP contribution in [0, 0.1) is 0 Å². The highest BCUT2D eigenvalue weighted by Gasteiger charge is 2.09. The van der Waals surface area contributed by atoms with E-state index in [4.69, 9.17) is 0 Å². The summed E-state index contributed by atoms with van der Waals surface area (Å²) in [7, 11) is 1.31. The highest BCUT2D eigenvalue weighted by Crippen LogP contribution is 2.07. The van der Waals surface area contributed by atoms with Gasteiger partial charge in [0.15, 0.2) is 0 Å². The van der Waals surface area contributed by atoms with Crippen LogP contribution in [0.1, 0.15) is 12.5 Å². The zero-order valence-electron chi connectivity index (χ0n) is 9.90. The number of ether oxygens (including phenoxy) is 1. The number of hydrogen-bond donors (Lipinski definition) is 1. The van der Waals surface area contributed by atoms with Gasteiger partial charge in [0.25, 0.3) is 0 Å². The van der Waals surface area contributed by atoms with E-state index < -0.39 is 5.97 Å². The monoisotopic (exact) mass is 233 g/mol. The number of methoxy groups -OCH3 is 1. The van der Waals surface area contributed by atoms with Crippen LogP contribution in [0.2, 0.25) is 0 Å². The van der Waals surface area contributed by atoms with E-state index in [1.807, 2.05) is 30.3 Å². The third-order valence-electron chi connectivity index (χ3n) is 2.12. The molecule has 0 radical (unpaired) electrons. The van der Waals surface area contributed by atoms with Gasteiger partial charge >= 0.3 is 5.97 Å². The number of carbonyl (C=O) groups is 2. The van der Waals surface area contributed by atoms with Gasteiger partial charge in [0, 0.05) is 13.5 Å². The van der Waals surface area contributed by atoms with E-state index in [9.17, 15) is 9.59 Å². The molecular weight excluding hydrogens is 218 g/mol. The standard InChI is InChI=1S/C13H15NO3/c1-10(15)14-9-12(13(16)17-2)8-11-6-4-3-5-7-11/h3-8H,9H2,1-2H3,(H,14,15)/b12-8+. The third-order valence-corrected chi connectivity index (χ3v) is 2.12. The first-order valence-corrected chi connectivity index (χ1v) is 5.22. The normalized spacial score (nSPS) is 10.8. The second-order valence-corrected chi connectivity index (χ2v) is 3.48. The van der Waals surface area contributed by atoms with Gasteiger partial charge in [0.1, 0.15) is 0 Å². The summed E-state index contributed by atoms with van der Waals surface area (Å²) < 4.78 is 4.66. The number of carbonyl (C=O) groups excluding carboxylic acids is 2. The van der Waals surface area contributed by atoms with E-state index in [1.165, 1.54) is 14.0 Å². The van der Waals surface area contributed by atoms with Crippen LogP contribution in [0.15, 0.2) is 35.9 Å². The van der Waals surface area contributed by atoms with Crippen molar-refractivity contribution in [1.82, 2.24) is 5.32 Å². The number of esters is 1. The second kappa shape index (κ2) is 6.48. The molecule has 1 N–H and O–H groups in total. The Kier molecular flexibility index (Phi) is 4.94. The van der Waals surface area contributed by atoms with Gasteiger partial charge in [-0.2, -0.15) is 0 Å². The van der Waals surface area contributed by atoms with Gasteiger partial charge in [-0.1, -0.05) is 30.3 Å². The van der Waals surface area contributed by atoms with E-state index in [2.05, 4.69) is 10.1 Å². The van der Waals surface area contributed by atoms with Gasteiger partial charge < -0.3 is 10.1 Å². The molecule has 0 unspecified atom stereocenters.